The van der Waals surface area contributed by atoms with E-state index < -0.39 is 10.0 Å². The number of piperidine rings is 1. The average Bonchev–Trinajstić information content (AvgIpc) is 3.00. The Morgan fingerprint density at radius 3 is 2.64 bits per heavy atom. The monoisotopic (exact) mass is 399 g/mol. The van der Waals surface area contributed by atoms with Crippen molar-refractivity contribution >= 4 is 43.4 Å². The largest absolute Gasteiger partial charge is 0.341 e. The molecule has 2 aromatic carbocycles. The number of aryl methyl sites for hydroxylation is 1. The Morgan fingerprint density at radius 2 is 1.89 bits per heavy atom. The molecule has 1 unspecified atom stereocenters. The van der Waals surface area contributed by atoms with Crippen LogP contribution in [0, 0.1) is 5.92 Å². The fourth-order valence-electron chi connectivity index (χ4n) is 4.17. The highest BCUT2D eigenvalue weighted by Crippen LogP contribution is 2.31. The van der Waals surface area contributed by atoms with Gasteiger partial charge in [0.25, 0.3) is 0 Å². The summed E-state index contributed by atoms with van der Waals surface area (Å²) in [4.78, 5) is 12.8. The van der Waals surface area contributed by atoms with Crippen LogP contribution >= 0.6 is 0 Å². The number of hydrogen-bond acceptors (Lipinski definition) is 3. The molecule has 7 heteroatoms. The van der Waals surface area contributed by atoms with E-state index in [1.54, 1.807) is 0 Å². The van der Waals surface area contributed by atoms with E-state index in [1.165, 1.54) is 16.1 Å². The minimum absolute atomic E-state index is 0.119. The molecule has 1 atom stereocenters. The van der Waals surface area contributed by atoms with Gasteiger partial charge in [-0.15, -0.1) is 0 Å². The van der Waals surface area contributed by atoms with Gasteiger partial charge in [-0.1, -0.05) is 18.2 Å². The van der Waals surface area contributed by atoms with Crippen molar-refractivity contribution in [3.8, 4) is 0 Å². The lowest BCUT2D eigenvalue weighted by Crippen LogP contribution is -2.43. The molecule has 1 aliphatic heterocycles. The highest BCUT2D eigenvalue weighted by atomic mass is 32.2. The molecule has 1 fully saturated rings. The molecular weight excluding hydrogens is 374 g/mol. The van der Waals surface area contributed by atoms with E-state index in [0.717, 1.165) is 28.5 Å². The first-order chi connectivity index (χ1) is 13.4. The Kier molecular flexibility index (Phi) is 4.89. The summed E-state index contributed by atoms with van der Waals surface area (Å²) in [6.07, 6.45) is 2.61. The predicted molar refractivity (Wildman–Crippen MR) is 113 cm³/mol. The Morgan fingerprint density at radius 1 is 1.14 bits per heavy atom. The molecule has 0 bridgehead atoms. The van der Waals surface area contributed by atoms with Crippen molar-refractivity contribution < 1.29 is 13.2 Å². The van der Waals surface area contributed by atoms with Crippen LogP contribution in [-0.4, -0.2) is 42.5 Å². The highest BCUT2D eigenvalue weighted by Gasteiger charge is 2.30. The lowest BCUT2D eigenvalue weighted by Gasteiger charge is -2.30. The quantitative estimate of drug-likeness (QED) is 0.731. The van der Waals surface area contributed by atoms with Gasteiger partial charge in [-0.25, -0.2) is 12.7 Å². The molecule has 28 heavy (non-hydrogen) atoms. The molecular formula is C21H25N3O3S. The van der Waals surface area contributed by atoms with Gasteiger partial charge >= 0.3 is 0 Å². The van der Waals surface area contributed by atoms with E-state index in [0.29, 0.717) is 19.4 Å². The molecule has 3 aromatic rings. The summed E-state index contributed by atoms with van der Waals surface area (Å²) >= 11 is 0. The first-order valence-corrected chi connectivity index (χ1v) is 11.5. The van der Waals surface area contributed by atoms with Crippen LogP contribution in [0.4, 0.5) is 5.69 Å². The van der Waals surface area contributed by atoms with Crippen molar-refractivity contribution in [1.82, 2.24) is 8.87 Å². The van der Waals surface area contributed by atoms with Crippen molar-refractivity contribution in [2.75, 3.05) is 24.7 Å². The number of para-hydroxylation sites is 1. The van der Waals surface area contributed by atoms with Crippen LogP contribution in [0.5, 0.6) is 0 Å². The second kappa shape index (κ2) is 7.22. The number of hydrogen-bond donors (Lipinski definition) is 1. The van der Waals surface area contributed by atoms with E-state index in [-0.39, 0.29) is 18.4 Å². The van der Waals surface area contributed by atoms with Crippen LogP contribution in [-0.2, 0) is 21.4 Å². The summed E-state index contributed by atoms with van der Waals surface area (Å²) in [5.41, 5.74) is 3.06. The number of nitrogens with one attached hydrogen (secondary N) is 1. The molecule has 2 heterocycles. The number of rotatable bonds is 4. The van der Waals surface area contributed by atoms with Crippen molar-refractivity contribution in [3.63, 3.8) is 0 Å². The molecule has 148 valence electrons. The zero-order valence-electron chi connectivity index (χ0n) is 16.2. The van der Waals surface area contributed by atoms with Crippen molar-refractivity contribution in [3.05, 3.63) is 42.5 Å². The molecule has 1 aliphatic rings. The Balaban J connectivity index is 1.61. The fraction of sp³-hybridized carbons (Fsp3) is 0.381. The minimum Gasteiger partial charge on any atom is -0.341 e. The maximum atomic E-state index is 12.8. The summed E-state index contributed by atoms with van der Waals surface area (Å²) in [5, 5.41) is 5.27. The van der Waals surface area contributed by atoms with E-state index in [9.17, 15) is 13.2 Å². The Bertz CT molecular complexity index is 1150. The standard InChI is InChI=1S/C21H25N3O3S/c1-3-24-19-9-5-4-8-17(19)18-13-16(10-11-20(18)24)22-21(25)15-7-6-12-23(14-15)28(2,26)27/h4-5,8-11,13,15H,3,6-7,12,14H2,1-2H3,(H,22,25). The number of anilines is 1. The molecule has 1 aromatic heterocycles. The predicted octanol–water partition coefficient (Wildman–Crippen LogP) is 3.42. The molecule has 0 saturated carbocycles. The van der Waals surface area contributed by atoms with Gasteiger partial charge in [-0.05, 0) is 44.0 Å². The third-order valence-corrected chi connectivity index (χ3v) is 6.85. The van der Waals surface area contributed by atoms with Gasteiger partial charge in [0.05, 0.1) is 12.2 Å². The number of amides is 1. The number of aromatic nitrogens is 1. The van der Waals surface area contributed by atoms with Crippen LogP contribution in [0.25, 0.3) is 21.8 Å². The molecule has 1 saturated heterocycles. The van der Waals surface area contributed by atoms with E-state index >= 15 is 0 Å². The number of benzene rings is 2. The summed E-state index contributed by atoms with van der Waals surface area (Å²) in [7, 11) is -3.27. The van der Waals surface area contributed by atoms with Crippen molar-refractivity contribution in [1.29, 1.82) is 0 Å². The molecule has 0 aliphatic carbocycles. The topological polar surface area (TPSA) is 71.4 Å². The van der Waals surface area contributed by atoms with Crippen LogP contribution in [0.15, 0.2) is 42.5 Å². The lowest BCUT2D eigenvalue weighted by atomic mass is 9.98. The first kappa shape index (κ1) is 19.0. The second-order valence-electron chi connectivity index (χ2n) is 7.44. The smallest absolute Gasteiger partial charge is 0.228 e. The summed E-state index contributed by atoms with van der Waals surface area (Å²) in [6.45, 7) is 3.74. The van der Waals surface area contributed by atoms with Gasteiger partial charge < -0.3 is 9.88 Å². The Hall–Kier alpha value is -2.38. The van der Waals surface area contributed by atoms with E-state index in [2.05, 4.69) is 28.9 Å². The highest BCUT2D eigenvalue weighted by molar-refractivity contribution is 7.88. The molecule has 1 N–H and O–H groups in total. The fourth-order valence-corrected chi connectivity index (χ4v) is 5.09. The van der Waals surface area contributed by atoms with Gasteiger partial charge in [0.15, 0.2) is 0 Å². The van der Waals surface area contributed by atoms with E-state index in [1.807, 2.05) is 30.3 Å². The normalized spacial score (nSPS) is 18.6. The maximum Gasteiger partial charge on any atom is 0.228 e. The number of nitrogens with zero attached hydrogens (tertiary/aromatic N) is 2. The minimum atomic E-state index is -3.27. The van der Waals surface area contributed by atoms with Crippen molar-refractivity contribution in [2.45, 2.75) is 26.3 Å². The van der Waals surface area contributed by atoms with Gasteiger partial charge in [0.1, 0.15) is 0 Å². The second-order valence-corrected chi connectivity index (χ2v) is 9.43. The van der Waals surface area contributed by atoms with Gasteiger partial charge in [0.2, 0.25) is 15.9 Å². The third kappa shape index (κ3) is 3.40. The van der Waals surface area contributed by atoms with Gasteiger partial charge in [-0.3, -0.25) is 4.79 Å². The van der Waals surface area contributed by atoms with Crippen LogP contribution in [0.2, 0.25) is 0 Å². The van der Waals surface area contributed by atoms with Crippen LogP contribution in [0.1, 0.15) is 19.8 Å². The molecule has 0 spiro atoms. The van der Waals surface area contributed by atoms with Gasteiger partial charge in [-0.2, -0.15) is 0 Å². The number of carbonyl (C=O) groups is 1. The molecule has 0 radical (unpaired) electrons. The lowest BCUT2D eigenvalue weighted by molar-refractivity contribution is -0.120. The first-order valence-electron chi connectivity index (χ1n) is 9.65. The average molecular weight is 400 g/mol. The summed E-state index contributed by atoms with van der Waals surface area (Å²) in [6, 6.07) is 14.2. The zero-order chi connectivity index (χ0) is 19.9. The summed E-state index contributed by atoms with van der Waals surface area (Å²) in [5.74, 6) is -0.442. The number of fused-ring (bicyclic) bond motifs is 3. The SMILES string of the molecule is CCn1c2ccccc2c2cc(NC(=O)C3CCCN(S(C)(=O)=O)C3)ccc21. The van der Waals surface area contributed by atoms with E-state index in [4.69, 9.17) is 0 Å². The number of sulfonamides is 1. The Labute approximate surface area is 165 Å². The van der Waals surface area contributed by atoms with Crippen LogP contribution in [0.3, 0.4) is 0 Å². The summed E-state index contributed by atoms with van der Waals surface area (Å²) < 4.78 is 27.3. The maximum absolute atomic E-state index is 12.8. The zero-order valence-corrected chi connectivity index (χ0v) is 17.0. The number of carbonyl (C=O) groups excluding carboxylic acids is 1. The molecule has 1 amide bonds. The van der Waals surface area contributed by atoms with Crippen molar-refractivity contribution in [2.24, 2.45) is 5.92 Å². The molecule has 6 nitrogen and oxygen atoms in total. The van der Waals surface area contributed by atoms with Crippen LogP contribution < -0.4 is 5.32 Å². The van der Waals surface area contributed by atoms with Gasteiger partial charge in [0, 0.05) is 47.1 Å². The third-order valence-electron chi connectivity index (χ3n) is 5.58. The molecule has 4 rings (SSSR count).